The molecule has 0 spiro atoms. The summed E-state index contributed by atoms with van der Waals surface area (Å²) >= 11 is 1.69. The molecule has 0 saturated heterocycles. The summed E-state index contributed by atoms with van der Waals surface area (Å²) in [6.45, 7) is 0.193. The van der Waals surface area contributed by atoms with Crippen molar-refractivity contribution in [3.8, 4) is 0 Å². The minimum absolute atomic E-state index is 0.193. The maximum Gasteiger partial charge on any atom is 0.312 e. The van der Waals surface area contributed by atoms with Gasteiger partial charge in [-0.05, 0) is 42.2 Å². The number of aryl methyl sites for hydroxylation is 1. The van der Waals surface area contributed by atoms with Crippen LogP contribution in [0.25, 0.3) is 0 Å². The molecule has 1 aliphatic rings. The summed E-state index contributed by atoms with van der Waals surface area (Å²) in [4.78, 5) is 12.4. The van der Waals surface area contributed by atoms with E-state index in [1.165, 1.54) is 23.3 Å². The number of carbonyl (C=O) groups is 1. The van der Waals surface area contributed by atoms with Crippen molar-refractivity contribution in [1.82, 2.24) is 0 Å². The molecule has 3 nitrogen and oxygen atoms in total. The van der Waals surface area contributed by atoms with Crippen LogP contribution in [0.15, 0.2) is 5.38 Å². The van der Waals surface area contributed by atoms with Gasteiger partial charge >= 0.3 is 5.97 Å². The first-order valence-corrected chi connectivity index (χ1v) is 6.14. The van der Waals surface area contributed by atoms with E-state index in [1.807, 2.05) is 5.38 Å². The molecule has 1 unspecified atom stereocenters. The number of rotatable bonds is 3. The lowest BCUT2D eigenvalue weighted by Gasteiger charge is -2.15. The Kier molecular flexibility index (Phi) is 3.07. The SMILES string of the molecule is NCC(C(=O)O)c1csc2c1CCCC2. The van der Waals surface area contributed by atoms with Gasteiger partial charge in [-0.3, -0.25) is 4.79 Å². The lowest BCUT2D eigenvalue weighted by atomic mass is 9.90. The van der Waals surface area contributed by atoms with Gasteiger partial charge in [0.2, 0.25) is 0 Å². The number of thiophene rings is 1. The van der Waals surface area contributed by atoms with Crippen molar-refractivity contribution >= 4 is 17.3 Å². The zero-order chi connectivity index (χ0) is 10.8. The van der Waals surface area contributed by atoms with Crippen LogP contribution in [-0.4, -0.2) is 17.6 Å². The summed E-state index contributed by atoms with van der Waals surface area (Å²) in [5.41, 5.74) is 7.75. The minimum Gasteiger partial charge on any atom is -0.481 e. The third-order valence-electron chi connectivity index (χ3n) is 3.00. The molecule has 0 saturated carbocycles. The largest absolute Gasteiger partial charge is 0.481 e. The van der Waals surface area contributed by atoms with Crippen LogP contribution < -0.4 is 5.73 Å². The van der Waals surface area contributed by atoms with Crippen molar-refractivity contribution < 1.29 is 9.90 Å². The molecule has 0 bridgehead atoms. The highest BCUT2D eigenvalue weighted by Crippen LogP contribution is 2.34. The summed E-state index contributed by atoms with van der Waals surface area (Å²) in [7, 11) is 0. The first-order valence-electron chi connectivity index (χ1n) is 5.26. The average Bonchev–Trinajstić information content (AvgIpc) is 2.63. The smallest absolute Gasteiger partial charge is 0.312 e. The number of hydrogen-bond donors (Lipinski definition) is 2. The number of aliphatic carboxylic acids is 1. The van der Waals surface area contributed by atoms with Crippen molar-refractivity contribution in [3.63, 3.8) is 0 Å². The minimum atomic E-state index is -0.802. The number of carboxylic acid groups (broad SMARTS) is 1. The van der Waals surface area contributed by atoms with E-state index in [0.29, 0.717) is 0 Å². The molecule has 0 aliphatic heterocycles. The van der Waals surface area contributed by atoms with E-state index < -0.39 is 11.9 Å². The van der Waals surface area contributed by atoms with Crippen LogP contribution in [0.5, 0.6) is 0 Å². The third-order valence-corrected chi connectivity index (χ3v) is 4.11. The van der Waals surface area contributed by atoms with E-state index in [1.54, 1.807) is 11.3 Å². The van der Waals surface area contributed by atoms with Crippen LogP contribution in [0.2, 0.25) is 0 Å². The van der Waals surface area contributed by atoms with Crippen molar-refractivity contribution in [2.45, 2.75) is 31.6 Å². The Morgan fingerprint density at radius 3 is 2.93 bits per heavy atom. The van der Waals surface area contributed by atoms with Gasteiger partial charge in [-0.15, -0.1) is 11.3 Å². The molecular weight excluding hydrogens is 210 g/mol. The molecule has 1 heterocycles. The van der Waals surface area contributed by atoms with Crippen molar-refractivity contribution in [3.05, 3.63) is 21.4 Å². The van der Waals surface area contributed by atoms with Crippen LogP contribution in [0.4, 0.5) is 0 Å². The van der Waals surface area contributed by atoms with Gasteiger partial charge in [-0.1, -0.05) is 0 Å². The van der Waals surface area contributed by atoms with Crippen molar-refractivity contribution in [2.24, 2.45) is 5.73 Å². The zero-order valence-corrected chi connectivity index (χ0v) is 9.35. The fourth-order valence-corrected chi connectivity index (χ4v) is 3.37. The summed E-state index contributed by atoms with van der Waals surface area (Å²) in [5.74, 6) is -1.31. The fraction of sp³-hybridized carbons (Fsp3) is 0.545. The van der Waals surface area contributed by atoms with Crippen LogP contribution in [0.3, 0.4) is 0 Å². The van der Waals surface area contributed by atoms with Gasteiger partial charge in [0.25, 0.3) is 0 Å². The Morgan fingerprint density at radius 1 is 1.53 bits per heavy atom. The maximum atomic E-state index is 11.0. The highest BCUT2D eigenvalue weighted by atomic mass is 32.1. The second-order valence-electron chi connectivity index (χ2n) is 3.93. The molecule has 0 radical (unpaired) electrons. The summed E-state index contributed by atoms with van der Waals surface area (Å²) in [6.07, 6.45) is 4.54. The normalized spacial score (nSPS) is 17.1. The summed E-state index contributed by atoms with van der Waals surface area (Å²) < 4.78 is 0. The van der Waals surface area contributed by atoms with Gasteiger partial charge in [0, 0.05) is 11.4 Å². The van der Waals surface area contributed by atoms with Gasteiger partial charge in [0.15, 0.2) is 0 Å². The lowest BCUT2D eigenvalue weighted by Crippen LogP contribution is -2.22. The van der Waals surface area contributed by atoms with Gasteiger partial charge < -0.3 is 10.8 Å². The van der Waals surface area contributed by atoms with Gasteiger partial charge in [0.1, 0.15) is 0 Å². The van der Waals surface area contributed by atoms with Gasteiger partial charge in [0.05, 0.1) is 5.92 Å². The Hall–Kier alpha value is -0.870. The standard InChI is InChI=1S/C11H15NO2S/c12-5-8(11(13)14)9-6-15-10-4-2-1-3-7(9)10/h6,8H,1-5,12H2,(H,13,14). The first kappa shape index (κ1) is 10.6. The monoisotopic (exact) mass is 225 g/mol. The molecule has 1 aliphatic carbocycles. The molecule has 2 rings (SSSR count). The van der Waals surface area contributed by atoms with Crippen LogP contribution in [0, 0.1) is 0 Å². The van der Waals surface area contributed by atoms with Crippen molar-refractivity contribution in [2.75, 3.05) is 6.54 Å². The highest BCUT2D eigenvalue weighted by Gasteiger charge is 2.25. The Labute approximate surface area is 92.9 Å². The quantitative estimate of drug-likeness (QED) is 0.823. The molecule has 0 fully saturated rings. The predicted octanol–water partition coefficient (Wildman–Crippen LogP) is 1.75. The number of nitrogens with two attached hydrogens (primary N) is 1. The predicted molar refractivity (Wildman–Crippen MR) is 60.4 cm³/mol. The molecule has 15 heavy (non-hydrogen) atoms. The van der Waals surface area contributed by atoms with Gasteiger partial charge in [-0.2, -0.15) is 0 Å². The Bertz CT molecular complexity index is 373. The van der Waals surface area contributed by atoms with Gasteiger partial charge in [-0.25, -0.2) is 0 Å². The zero-order valence-electron chi connectivity index (χ0n) is 8.53. The summed E-state index contributed by atoms with van der Waals surface area (Å²) in [6, 6.07) is 0. The van der Waals surface area contributed by atoms with Crippen LogP contribution >= 0.6 is 11.3 Å². The van der Waals surface area contributed by atoms with E-state index in [0.717, 1.165) is 18.4 Å². The van der Waals surface area contributed by atoms with E-state index in [4.69, 9.17) is 10.8 Å². The molecule has 1 aromatic rings. The van der Waals surface area contributed by atoms with Crippen LogP contribution in [-0.2, 0) is 17.6 Å². The second-order valence-corrected chi connectivity index (χ2v) is 4.89. The van der Waals surface area contributed by atoms with Crippen molar-refractivity contribution in [1.29, 1.82) is 0 Å². The fourth-order valence-electron chi connectivity index (χ4n) is 2.17. The Morgan fingerprint density at radius 2 is 2.27 bits per heavy atom. The number of hydrogen-bond acceptors (Lipinski definition) is 3. The summed E-state index contributed by atoms with van der Waals surface area (Å²) in [5, 5.41) is 11.1. The molecule has 3 N–H and O–H groups in total. The van der Waals surface area contributed by atoms with E-state index in [9.17, 15) is 4.79 Å². The molecule has 82 valence electrons. The average molecular weight is 225 g/mol. The molecule has 0 aromatic carbocycles. The van der Waals surface area contributed by atoms with E-state index >= 15 is 0 Å². The molecule has 0 amide bonds. The lowest BCUT2D eigenvalue weighted by molar-refractivity contribution is -0.138. The molecule has 1 aromatic heterocycles. The maximum absolute atomic E-state index is 11.0. The second kappa shape index (κ2) is 4.33. The third kappa shape index (κ3) is 1.92. The van der Waals surface area contributed by atoms with E-state index in [-0.39, 0.29) is 6.54 Å². The topological polar surface area (TPSA) is 63.3 Å². The Balaban J connectivity index is 2.35. The van der Waals surface area contributed by atoms with Crippen LogP contribution in [0.1, 0.15) is 34.8 Å². The first-order chi connectivity index (χ1) is 7.24. The highest BCUT2D eigenvalue weighted by molar-refractivity contribution is 7.10. The molecule has 4 heteroatoms. The number of fused-ring (bicyclic) bond motifs is 1. The molecular formula is C11H15NO2S. The molecule has 1 atom stereocenters. The van der Waals surface area contributed by atoms with E-state index in [2.05, 4.69) is 0 Å². The number of carboxylic acids is 1.